The second-order valence-corrected chi connectivity index (χ2v) is 9.93. The van der Waals surface area contributed by atoms with E-state index in [2.05, 4.69) is 18.7 Å². The number of nitrogens with zero attached hydrogens (tertiary/aromatic N) is 2. The average Bonchev–Trinajstić information content (AvgIpc) is 2.61. The fourth-order valence-corrected chi connectivity index (χ4v) is 5.28. The number of amides is 1. The number of sulfone groups is 1. The van der Waals surface area contributed by atoms with Gasteiger partial charge in [-0.25, -0.2) is 13.2 Å². The number of hydrogen-bond donors (Lipinski definition) is 0. The van der Waals surface area contributed by atoms with Gasteiger partial charge in [0.25, 0.3) is 0 Å². The van der Waals surface area contributed by atoms with Crippen LogP contribution in [-0.2, 0) is 14.6 Å². The highest BCUT2D eigenvalue weighted by Crippen LogP contribution is 2.28. The fourth-order valence-electron chi connectivity index (χ4n) is 3.27. The number of rotatable bonds is 2. The minimum atomic E-state index is -3.10. The Balaban J connectivity index is 2.17. The minimum Gasteiger partial charge on any atom is -0.444 e. The van der Waals surface area contributed by atoms with Gasteiger partial charge in [0.1, 0.15) is 5.60 Å². The number of carbonyl (C=O) groups excluding carboxylic acids is 1. The second-order valence-electron chi connectivity index (χ2n) is 7.77. The van der Waals surface area contributed by atoms with Gasteiger partial charge in [0.15, 0.2) is 9.84 Å². The van der Waals surface area contributed by atoms with Crippen molar-refractivity contribution >= 4 is 15.9 Å². The Morgan fingerprint density at radius 1 is 1.18 bits per heavy atom. The van der Waals surface area contributed by atoms with E-state index in [1.165, 1.54) is 0 Å². The zero-order chi connectivity index (χ0) is 16.7. The molecule has 7 heteroatoms. The molecule has 2 saturated heterocycles. The summed E-state index contributed by atoms with van der Waals surface area (Å²) in [7, 11) is -3.10. The topological polar surface area (TPSA) is 66.9 Å². The molecular formula is C15H28N2O4S. The molecule has 2 aliphatic rings. The molecule has 2 heterocycles. The normalized spacial score (nSPS) is 28.7. The van der Waals surface area contributed by atoms with Gasteiger partial charge in [0.05, 0.1) is 17.5 Å². The van der Waals surface area contributed by atoms with Crippen LogP contribution in [0.2, 0.25) is 0 Å². The van der Waals surface area contributed by atoms with Gasteiger partial charge in [-0.2, -0.15) is 0 Å². The molecule has 2 atom stereocenters. The fraction of sp³-hybridized carbons (Fsp3) is 0.933. The van der Waals surface area contributed by atoms with E-state index < -0.39 is 21.5 Å². The van der Waals surface area contributed by atoms with Crippen LogP contribution in [0.3, 0.4) is 0 Å². The minimum absolute atomic E-state index is 0.0471. The van der Waals surface area contributed by atoms with Crippen molar-refractivity contribution in [3.63, 3.8) is 0 Å². The predicted molar refractivity (Wildman–Crippen MR) is 85.6 cm³/mol. The van der Waals surface area contributed by atoms with Crippen LogP contribution in [0.1, 0.15) is 34.6 Å². The highest BCUT2D eigenvalue weighted by molar-refractivity contribution is 7.91. The third-order valence-electron chi connectivity index (χ3n) is 4.02. The SMILES string of the molecule is CC(C)CN1CCN(C(=O)OC(C)(C)C)C2CS(=O)(=O)CC21. The van der Waals surface area contributed by atoms with E-state index in [4.69, 9.17) is 4.74 Å². The van der Waals surface area contributed by atoms with Crippen LogP contribution < -0.4 is 0 Å². The van der Waals surface area contributed by atoms with Crippen LogP contribution >= 0.6 is 0 Å². The van der Waals surface area contributed by atoms with Gasteiger partial charge in [-0.3, -0.25) is 4.90 Å². The lowest BCUT2D eigenvalue weighted by atomic mass is 10.0. The summed E-state index contributed by atoms with van der Waals surface area (Å²) in [4.78, 5) is 16.2. The molecule has 2 rings (SSSR count). The van der Waals surface area contributed by atoms with E-state index in [0.717, 1.165) is 6.54 Å². The summed E-state index contributed by atoms with van der Waals surface area (Å²) < 4.78 is 29.6. The predicted octanol–water partition coefficient (Wildman–Crippen LogP) is 1.36. The van der Waals surface area contributed by atoms with E-state index in [1.54, 1.807) is 4.90 Å². The molecule has 0 spiro atoms. The van der Waals surface area contributed by atoms with E-state index in [9.17, 15) is 13.2 Å². The highest BCUT2D eigenvalue weighted by atomic mass is 32.2. The van der Waals surface area contributed by atoms with Gasteiger partial charge in [-0.05, 0) is 26.7 Å². The first kappa shape index (κ1) is 17.5. The molecule has 128 valence electrons. The van der Waals surface area contributed by atoms with Crippen molar-refractivity contribution in [2.45, 2.75) is 52.3 Å². The monoisotopic (exact) mass is 332 g/mol. The summed E-state index contributed by atoms with van der Waals surface area (Å²) in [5.74, 6) is 0.659. The number of hydrogen-bond acceptors (Lipinski definition) is 5. The largest absolute Gasteiger partial charge is 0.444 e. The van der Waals surface area contributed by atoms with Crippen LogP contribution in [0.25, 0.3) is 0 Å². The van der Waals surface area contributed by atoms with E-state index in [-0.39, 0.29) is 23.6 Å². The van der Waals surface area contributed by atoms with Crippen LogP contribution in [0.15, 0.2) is 0 Å². The van der Waals surface area contributed by atoms with Crippen LogP contribution in [0, 0.1) is 5.92 Å². The van der Waals surface area contributed by atoms with Crippen LogP contribution in [0.4, 0.5) is 4.79 Å². The van der Waals surface area contributed by atoms with Gasteiger partial charge in [0.2, 0.25) is 0 Å². The summed E-state index contributed by atoms with van der Waals surface area (Å²) in [5, 5.41) is 0. The van der Waals surface area contributed by atoms with Crippen molar-refractivity contribution in [1.82, 2.24) is 9.80 Å². The van der Waals surface area contributed by atoms with E-state index in [0.29, 0.717) is 19.0 Å². The van der Waals surface area contributed by atoms with Crippen molar-refractivity contribution in [1.29, 1.82) is 0 Å². The lowest BCUT2D eigenvalue weighted by Crippen LogP contribution is -2.61. The lowest BCUT2D eigenvalue weighted by Gasteiger charge is -2.44. The van der Waals surface area contributed by atoms with Gasteiger partial charge < -0.3 is 9.64 Å². The van der Waals surface area contributed by atoms with Crippen LogP contribution in [0.5, 0.6) is 0 Å². The Hall–Kier alpha value is -0.820. The molecule has 0 radical (unpaired) electrons. The Morgan fingerprint density at radius 2 is 1.77 bits per heavy atom. The number of carbonyl (C=O) groups is 1. The van der Waals surface area contributed by atoms with Crippen molar-refractivity contribution in [3.05, 3.63) is 0 Å². The Bertz CT molecular complexity index is 524. The maximum Gasteiger partial charge on any atom is 0.410 e. The number of fused-ring (bicyclic) bond motifs is 1. The summed E-state index contributed by atoms with van der Waals surface area (Å²) in [6, 6.07) is -0.388. The molecule has 0 aromatic carbocycles. The first-order valence-corrected chi connectivity index (χ1v) is 9.75. The molecule has 0 saturated carbocycles. The Kier molecular flexibility index (Phi) is 4.78. The quantitative estimate of drug-likeness (QED) is 0.764. The van der Waals surface area contributed by atoms with Crippen molar-refractivity contribution in [2.24, 2.45) is 5.92 Å². The van der Waals surface area contributed by atoms with Crippen LogP contribution in [-0.4, -0.2) is 73.1 Å². The molecule has 22 heavy (non-hydrogen) atoms. The lowest BCUT2D eigenvalue weighted by molar-refractivity contribution is -0.0108. The Labute approximate surface area is 133 Å². The maximum absolute atomic E-state index is 12.4. The van der Waals surface area contributed by atoms with Crippen molar-refractivity contribution in [2.75, 3.05) is 31.1 Å². The van der Waals surface area contributed by atoms with E-state index in [1.807, 2.05) is 20.8 Å². The molecule has 2 fully saturated rings. The highest BCUT2D eigenvalue weighted by Gasteiger charge is 2.48. The first-order chi connectivity index (χ1) is 9.98. The summed E-state index contributed by atoms with van der Waals surface area (Å²) >= 11 is 0. The zero-order valence-corrected chi connectivity index (χ0v) is 15.0. The molecule has 0 aromatic rings. The Morgan fingerprint density at radius 3 is 2.32 bits per heavy atom. The standard InChI is InChI=1S/C15H28N2O4S/c1-11(2)8-16-6-7-17(14(18)21-15(3,4)5)13-10-22(19,20)9-12(13)16/h11-13H,6-10H2,1-5H3. The molecule has 0 aromatic heterocycles. The second kappa shape index (κ2) is 6.00. The third kappa shape index (κ3) is 4.13. The smallest absolute Gasteiger partial charge is 0.410 e. The van der Waals surface area contributed by atoms with E-state index >= 15 is 0 Å². The first-order valence-electron chi connectivity index (χ1n) is 7.92. The van der Waals surface area contributed by atoms with Crippen molar-refractivity contribution < 1.29 is 17.9 Å². The van der Waals surface area contributed by atoms with Gasteiger partial charge >= 0.3 is 6.09 Å². The molecule has 0 bridgehead atoms. The molecule has 2 aliphatic heterocycles. The zero-order valence-electron chi connectivity index (χ0n) is 14.2. The average molecular weight is 332 g/mol. The number of piperazine rings is 1. The summed E-state index contributed by atoms with van der Waals surface area (Å²) in [5.41, 5.74) is -0.570. The van der Waals surface area contributed by atoms with Gasteiger partial charge in [0, 0.05) is 25.7 Å². The molecule has 2 unspecified atom stereocenters. The molecule has 0 N–H and O–H groups in total. The summed E-state index contributed by atoms with van der Waals surface area (Å²) in [6.45, 7) is 11.8. The van der Waals surface area contributed by atoms with Gasteiger partial charge in [-0.1, -0.05) is 13.8 Å². The maximum atomic E-state index is 12.4. The molecule has 6 nitrogen and oxygen atoms in total. The number of ether oxygens (including phenoxy) is 1. The summed E-state index contributed by atoms with van der Waals surface area (Å²) in [6.07, 6.45) is -0.399. The molecular weight excluding hydrogens is 304 g/mol. The molecule has 0 aliphatic carbocycles. The van der Waals surface area contributed by atoms with Crippen molar-refractivity contribution in [3.8, 4) is 0 Å². The third-order valence-corrected chi connectivity index (χ3v) is 5.72. The van der Waals surface area contributed by atoms with Gasteiger partial charge in [-0.15, -0.1) is 0 Å². The molecule has 1 amide bonds.